The number of rotatable bonds is 2. The largest absolute Gasteiger partial charge is 0.465 e. The smallest absolute Gasteiger partial charge is 0.337 e. The lowest BCUT2D eigenvalue weighted by Crippen LogP contribution is -2.02. The van der Waals surface area contributed by atoms with Gasteiger partial charge in [-0.05, 0) is 24.6 Å². The minimum absolute atomic E-state index is 0.288. The van der Waals surface area contributed by atoms with Crippen molar-refractivity contribution in [2.75, 3.05) is 7.11 Å². The zero-order chi connectivity index (χ0) is 11.4. The molecule has 0 heterocycles. The number of nitrogens with zero attached hydrogens (tertiary/aromatic N) is 1. The number of esters is 1. The van der Waals surface area contributed by atoms with Crippen LogP contribution in [0.15, 0.2) is 18.2 Å². The van der Waals surface area contributed by atoms with Gasteiger partial charge in [0.05, 0.1) is 24.7 Å². The van der Waals surface area contributed by atoms with E-state index in [-0.39, 0.29) is 5.92 Å². The van der Waals surface area contributed by atoms with Crippen LogP contribution in [0, 0.1) is 11.3 Å². The first-order valence-electron chi connectivity index (χ1n) is 4.37. The van der Waals surface area contributed by atoms with Crippen molar-refractivity contribution in [2.24, 2.45) is 0 Å². The van der Waals surface area contributed by atoms with E-state index in [1.165, 1.54) is 13.2 Å². The predicted octanol–water partition coefficient (Wildman–Crippen LogP) is 2.75. The maximum atomic E-state index is 11.2. The molecule has 1 rings (SSSR count). The van der Waals surface area contributed by atoms with Gasteiger partial charge in [-0.1, -0.05) is 17.7 Å². The highest BCUT2D eigenvalue weighted by Gasteiger charge is 2.12. The summed E-state index contributed by atoms with van der Waals surface area (Å²) in [6, 6.07) is 6.86. The third-order valence-corrected chi connectivity index (χ3v) is 2.41. The summed E-state index contributed by atoms with van der Waals surface area (Å²) >= 11 is 5.95. The van der Waals surface area contributed by atoms with Crippen LogP contribution in [0.4, 0.5) is 0 Å². The van der Waals surface area contributed by atoms with E-state index in [0.717, 1.165) is 0 Å². The van der Waals surface area contributed by atoms with Gasteiger partial charge < -0.3 is 4.74 Å². The summed E-state index contributed by atoms with van der Waals surface area (Å²) in [5, 5.41) is 9.15. The van der Waals surface area contributed by atoms with Gasteiger partial charge in [0.15, 0.2) is 0 Å². The molecular weight excluding hydrogens is 214 g/mol. The Morgan fingerprint density at radius 1 is 1.60 bits per heavy atom. The van der Waals surface area contributed by atoms with E-state index in [2.05, 4.69) is 10.8 Å². The number of hydrogen-bond acceptors (Lipinski definition) is 3. The molecule has 1 atom stereocenters. The standard InChI is InChI=1S/C11H10ClNO2/c1-7(6-13)9-4-3-8(5-10(9)12)11(14)15-2/h3-5,7H,1-2H3. The van der Waals surface area contributed by atoms with Gasteiger partial charge in [-0.3, -0.25) is 0 Å². The van der Waals surface area contributed by atoms with Gasteiger partial charge in [-0.25, -0.2) is 4.79 Å². The fourth-order valence-electron chi connectivity index (χ4n) is 1.19. The Bertz CT molecular complexity index is 423. The number of methoxy groups -OCH3 is 1. The number of benzene rings is 1. The Balaban J connectivity index is 3.10. The Morgan fingerprint density at radius 2 is 2.27 bits per heavy atom. The van der Waals surface area contributed by atoms with Crippen molar-refractivity contribution in [2.45, 2.75) is 12.8 Å². The molecular formula is C11H10ClNO2. The maximum Gasteiger partial charge on any atom is 0.337 e. The Labute approximate surface area is 93.2 Å². The van der Waals surface area contributed by atoms with Gasteiger partial charge >= 0.3 is 5.97 Å². The Morgan fingerprint density at radius 3 is 2.73 bits per heavy atom. The third-order valence-electron chi connectivity index (χ3n) is 2.08. The van der Waals surface area contributed by atoms with Gasteiger partial charge in [-0.15, -0.1) is 0 Å². The zero-order valence-electron chi connectivity index (χ0n) is 8.45. The summed E-state index contributed by atoms with van der Waals surface area (Å²) in [4.78, 5) is 11.2. The molecule has 0 N–H and O–H groups in total. The van der Waals surface area contributed by atoms with Gasteiger partial charge in [-0.2, -0.15) is 5.26 Å². The van der Waals surface area contributed by atoms with Crippen molar-refractivity contribution in [1.29, 1.82) is 5.26 Å². The van der Waals surface area contributed by atoms with E-state index < -0.39 is 5.97 Å². The summed E-state index contributed by atoms with van der Waals surface area (Å²) in [6.45, 7) is 1.75. The molecule has 0 aromatic heterocycles. The summed E-state index contributed by atoms with van der Waals surface area (Å²) < 4.78 is 4.56. The fraction of sp³-hybridized carbons (Fsp3) is 0.273. The van der Waals surface area contributed by atoms with Crippen molar-refractivity contribution < 1.29 is 9.53 Å². The average molecular weight is 224 g/mol. The molecule has 0 aliphatic rings. The van der Waals surface area contributed by atoms with Crippen molar-refractivity contribution >= 4 is 17.6 Å². The lowest BCUT2D eigenvalue weighted by atomic mass is 10.0. The highest BCUT2D eigenvalue weighted by atomic mass is 35.5. The molecule has 0 aliphatic heterocycles. The van der Waals surface area contributed by atoms with E-state index >= 15 is 0 Å². The number of nitriles is 1. The molecule has 1 aromatic carbocycles. The van der Waals surface area contributed by atoms with Gasteiger partial charge in [0.1, 0.15) is 0 Å². The van der Waals surface area contributed by atoms with E-state index in [1.54, 1.807) is 19.1 Å². The SMILES string of the molecule is COC(=O)c1ccc(C(C)C#N)c(Cl)c1. The van der Waals surface area contributed by atoms with Crippen LogP contribution in [-0.4, -0.2) is 13.1 Å². The van der Waals surface area contributed by atoms with Gasteiger partial charge in [0, 0.05) is 5.02 Å². The van der Waals surface area contributed by atoms with Crippen LogP contribution in [0.5, 0.6) is 0 Å². The minimum Gasteiger partial charge on any atom is -0.465 e. The highest BCUT2D eigenvalue weighted by Crippen LogP contribution is 2.25. The van der Waals surface area contributed by atoms with Crippen molar-refractivity contribution in [3.8, 4) is 6.07 Å². The first kappa shape index (κ1) is 11.5. The lowest BCUT2D eigenvalue weighted by molar-refractivity contribution is 0.0600. The number of halogens is 1. The molecule has 0 fully saturated rings. The number of carbonyl (C=O) groups excluding carboxylic acids is 1. The minimum atomic E-state index is -0.437. The molecule has 78 valence electrons. The first-order valence-corrected chi connectivity index (χ1v) is 4.75. The van der Waals surface area contributed by atoms with Crippen LogP contribution in [0.3, 0.4) is 0 Å². The second kappa shape index (κ2) is 4.81. The molecule has 15 heavy (non-hydrogen) atoms. The van der Waals surface area contributed by atoms with Crippen LogP contribution >= 0.6 is 11.6 Å². The fourth-order valence-corrected chi connectivity index (χ4v) is 1.54. The predicted molar refractivity (Wildman–Crippen MR) is 56.8 cm³/mol. The van der Waals surface area contributed by atoms with E-state index in [0.29, 0.717) is 16.1 Å². The summed E-state index contributed by atoms with van der Waals surface area (Å²) in [6.07, 6.45) is 0. The van der Waals surface area contributed by atoms with Crippen LogP contribution in [0.2, 0.25) is 5.02 Å². The molecule has 0 spiro atoms. The lowest BCUT2D eigenvalue weighted by Gasteiger charge is -2.07. The van der Waals surface area contributed by atoms with Gasteiger partial charge in [0.2, 0.25) is 0 Å². The van der Waals surface area contributed by atoms with Crippen LogP contribution in [0.25, 0.3) is 0 Å². The highest BCUT2D eigenvalue weighted by molar-refractivity contribution is 6.31. The summed E-state index contributed by atoms with van der Waals surface area (Å²) in [7, 11) is 1.31. The molecule has 1 unspecified atom stereocenters. The molecule has 1 aromatic rings. The molecule has 0 aliphatic carbocycles. The normalized spacial score (nSPS) is 11.6. The van der Waals surface area contributed by atoms with Crippen LogP contribution < -0.4 is 0 Å². The topological polar surface area (TPSA) is 50.1 Å². The Hall–Kier alpha value is -1.53. The van der Waals surface area contributed by atoms with Crippen LogP contribution in [-0.2, 0) is 4.74 Å². The quantitative estimate of drug-likeness (QED) is 0.725. The number of ether oxygens (including phenoxy) is 1. The van der Waals surface area contributed by atoms with Crippen LogP contribution in [0.1, 0.15) is 28.8 Å². The van der Waals surface area contributed by atoms with E-state index in [9.17, 15) is 4.79 Å². The van der Waals surface area contributed by atoms with E-state index in [4.69, 9.17) is 16.9 Å². The molecule has 0 amide bonds. The number of carbonyl (C=O) groups is 1. The maximum absolute atomic E-state index is 11.2. The first-order chi connectivity index (χ1) is 7.10. The second-order valence-electron chi connectivity index (χ2n) is 3.08. The monoisotopic (exact) mass is 223 g/mol. The second-order valence-corrected chi connectivity index (χ2v) is 3.49. The molecule has 4 heteroatoms. The van der Waals surface area contributed by atoms with Gasteiger partial charge in [0.25, 0.3) is 0 Å². The van der Waals surface area contributed by atoms with E-state index in [1.807, 2.05) is 0 Å². The summed E-state index contributed by atoms with van der Waals surface area (Å²) in [5.74, 6) is -0.725. The Kier molecular flexibility index (Phi) is 3.70. The average Bonchev–Trinajstić information content (AvgIpc) is 2.26. The molecule has 0 radical (unpaired) electrons. The van der Waals surface area contributed by atoms with Crippen molar-refractivity contribution in [3.63, 3.8) is 0 Å². The summed E-state index contributed by atoms with van der Waals surface area (Å²) in [5.41, 5.74) is 1.10. The molecule has 3 nitrogen and oxygen atoms in total. The van der Waals surface area contributed by atoms with Crippen molar-refractivity contribution in [1.82, 2.24) is 0 Å². The molecule has 0 bridgehead atoms. The number of hydrogen-bond donors (Lipinski definition) is 0. The van der Waals surface area contributed by atoms with Crippen molar-refractivity contribution in [3.05, 3.63) is 34.3 Å². The molecule has 0 saturated carbocycles. The zero-order valence-corrected chi connectivity index (χ0v) is 9.21. The molecule has 0 saturated heterocycles. The third kappa shape index (κ3) is 2.48.